The van der Waals surface area contributed by atoms with E-state index >= 15 is 0 Å². The maximum absolute atomic E-state index is 13.5. The molecule has 2 heterocycles. The molecule has 11 heteroatoms. The summed E-state index contributed by atoms with van der Waals surface area (Å²) in [5.41, 5.74) is 1.98. The number of ether oxygens (including phenoxy) is 3. The minimum absolute atomic E-state index is 0.0176. The highest BCUT2D eigenvalue weighted by Crippen LogP contribution is 2.42. The highest BCUT2D eigenvalue weighted by molar-refractivity contribution is 7.91. The van der Waals surface area contributed by atoms with Crippen molar-refractivity contribution in [2.45, 2.75) is 17.9 Å². The predicted molar refractivity (Wildman–Crippen MR) is 142 cm³/mol. The van der Waals surface area contributed by atoms with E-state index in [-0.39, 0.29) is 17.4 Å². The number of aliphatic imine (C=N–C) groups is 1. The van der Waals surface area contributed by atoms with Gasteiger partial charge in [-0.3, -0.25) is 15.1 Å². The van der Waals surface area contributed by atoms with Crippen LogP contribution in [0.2, 0.25) is 0 Å². The fourth-order valence-electron chi connectivity index (χ4n) is 3.79. The SMILES string of the molecule is CCS(=O)(=O)c1ccc(C(Oc2ccc(C=NC)cc2)C(=O)Nc2nc3c4c(ccc3s2)OCO4)cc1. The number of anilines is 1. The number of sulfone groups is 1. The second-order valence-electron chi connectivity index (χ2n) is 8.08. The van der Waals surface area contributed by atoms with Crippen molar-refractivity contribution in [1.29, 1.82) is 0 Å². The van der Waals surface area contributed by atoms with E-state index in [2.05, 4.69) is 15.3 Å². The zero-order valence-electron chi connectivity index (χ0n) is 20.0. The van der Waals surface area contributed by atoms with Gasteiger partial charge in [-0.2, -0.15) is 0 Å². The van der Waals surface area contributed by atoms with E-state index in [0.717, 1.165) is 10.3 Å². The van der Waals surface area contributed by atoms with Crippen LogP contribution in [0, 0.1) is 0 Å². The van der Waals surface area contributed by atoms with Crippen LogP contribution in [0.25, 0.3) is 10.2 Å². The lowest BCUT2D eigenvalue weighted by molar-refractivity contribution is -0.123. The zero-order valence-corrected chi connectivity index (χ0v) is 21.6. The van der Waals surface area contributed by atoms with Crippen LogP contribution in [-0.2, 0) is 14.6 Å². The molecule has 3 aromatic carbocycles. The van der Waals surface area contributed by atoms with E-state index in [9.17, 15) is 13.2 Å². The summed E-state index contributed by atoms with van der Waals surface area (Å²) in [6.07, 6.45) is 0.640. The first-order valence-corrected chi connectivity index (χ1v) is 13.9. The van der Waals surface area contributed by atoms with E-state index in [4.69, 9.17) is 14.2 Å². The normalized spacial score (nSPS) is 13.7. The third kappa shape index (κ3) is 5.13. The Morgan fingerprint density at radius 3 is 2.59 bits per heavy atom. The maximum atomic E-state index is 13.5. The molecule has 9 nitrogen and oxygen atoms in total. The summed E-state index contributed by atoms with van der Waals surface area (Å²) in [6, 6.07) is 16.9. The monoisotopic (exact) mass is 537 g/mol. The molecular formula is C26H23N3O6S2. The third-order valence-electron chi connectivity index (χ3n) is 5.70. The fraction of sp³-hybridized carbons (Fsp3) is 0.192. The van der Waals surface area contributed by atoms with Gasteiger partial charge in [0.1, 0.15) is 11.3 Å². The minimum Gasteiger partial charge on any atom is -0.476 e. The number of carbonyl (C=O) groups is 1. The molecule has 0 aliphatic carbocycles. The summed E-state index contributed by atoms with van der Waals surface area (Å²) < 4.78 is 42.4. The van der Waals surface area contributed by atoms with Crippen molar-refractivity contribution in [3.63, 3.8) is 0 Å². The second-order valence-corrected chi connectivity index (χ2v) is 11.4. The first-order valence-electron chi connectivity index (χ1n) is 11.4. The van der Waals surface area contributed by atoms with Crippen molar-refractivity contribution in [2.24, 2.45) is 4.99 Å². The average Bonchev–Trinajstić information content (AvgIpc) is 3.55. The van der Waals surface area contributed by atoms with E-state index in [1.165, 1.54) is 23.5 Å². The number of rotatable bonds is 8. The van der Waals surface area contributed by atoms with E-state index in [1.807, 2.05) is 18.2 Å². The van der Waals surface area contributed by atoms with Gasteiger partial charge in [0.2, 0.25) is 12.9 Å². The summed E-state index contributed by atoms with van der Waals surface area (Å²) in [7, 11) is -1.70. The van der Waals surface area contributed by atoms with Crippen LogP contribution < -0.4 is 19.5 Å². The van der Waals surface area contributed by atoms with Gasteiger partial charge >= 0.3 is 0 Å². The Morgan fingerprint density at radius 1 is 1.14 bits per heavy atom. The highest BCUT2D eigenvalue weighted by Gasteiger charge is 2.26. The van der Waals surface area contributed by atoms with E-state index < -0.39 is 21.8 Å². The third-order valence-corrected chi connectivity index (χ3v) is 8.39. The largest absolute Gasteiger partial charge is 0.476 e. The van der Waals surface area contributed by atoms with Gasteiger partial charge in [-0.15, -0.1) is 0 Å². The lowest BCUT2D eigenvalue weighted by atomic mass is 10.1. The molecule has 0 bridgehead atoms. The van der Waals surface area contributed by atoms with Gasteiger partial charge in [-0.05, 0) is 54.1 Å². The molecular weight excluding hydrogens is 514 g/mol. The lowest BCUT2D eigenvalue weighted by Gasteiger charge is -2.19. The van der Waals surface area contributed by atoms with Crippen molar-refractivity contribution in [3.8, 4) is 17.2 Å². The number of fused-ring (bicyclic) bond motifs is 3. The fourth-order valence-corrected chi connectivity index (χ4v) is 5.54. The molecule has 0 saturated heterocycles. The van der Waals surface area contributed by atoms with Crippen molar-refractivity contribution in [1.82, 2.24) is 4.98 Å². The van der Waals surface area contributed by atoms with Gasteiger partial charge in [0.15, 0.2) is 26.5 Å². The van der Waals surface area contributed by atoms with Crippen LogP contribution in [0.15, 0.2) is 70.6 Å². The zero-order chi connectivity index (χ0) is 26.0. The molecule has 1 aliphatic heterocycles. The van der Waals surface area contributed by atoms with Gasteiger partial charge in [-0.25, -0.2) is 13.4 Å². The number of nitrogens with zero attached hydrogens (tertiary/aromatic N) is 2. The Hall–Kier alpha value is -3.96. The summed E-state index contributed by atoms with van der Waals surface area (Å²) in [6.45, 7) is 1.70. The van der Waals surface area contributed by atoms with Crippen molar-refractivity contribution in [2.75, 3.05) is 24.9 Å². The Kier molecular flexibility index (Phi) is 6.81. The van der Waals surface area contributed by atoms with Crippen LogP contribution in [0.5, 0.6) is 17.2 Å². The number of nitrogens with one attached hydrogen (secondary N) is 1. The number of hydrogen-bond donors (Lipinski definition) is 1. The molecule has 1 amide bonds. The molecule has 37 heavy (non-hydrogen) atoms. The molecule has 1 aliphatic rings. The summed E-state index contributed by atoms with van der Waals surface area (Å²) >= 11 is 1.30. The van der Waals surface area contributed by atoms with E-state index in [0.29, 0.717) is 33.5 Å². The van der Waals surface area contributed by atoms with Crippen LogP contribution in [0.4, 0.5) is 5.13 Å². The Labute approximate surface area is 217 Å². The number of hydrogen-bond acceptors (Lipinski definition) is 9. The Balaban J connectivity index is 1.45. The molecule has 1 N–H and O–H groups in total. The second kappa shape index (κ2) is 10.2. The number of carbonyl (C=O) groups excluding carboxylic acids is 1. The van der Waals surface area contributed by atoms with Gasteiger partial charge in [0.05, 0.1) is 15.3 Å². The van der Waals surface area contributed by atoms with E-state index in [1.54, 1.807) is 50.5 Å². The summed E-state index contributed by atoms with van der Waals surface area (Å²) in [5.74, 6) is 1.14. The average molecular weight is 538 g/mol. The molecule has 0 saturated carbocycles. The van der Waals surface area contributed by atoms with Crippen LogP contribution in [0.1, 0.15) is 24.2 Å². The van der Waals surface area contributed by atoms with Gasteiger partial charge in [0, 0.05) is 18.8 Å². The first-order chi connectivity index (χ1) is 17.9. The Bertz CT molecular complexity index is 1580. The number of benzene rings is 3. The topological polar surface area (TPSA) is 116 Å². The van der Waals surface area contributed by atoms with Gasteiger partial charge < -0.3 is 14.2 Å². The van der Waals surface area contributed by atoms with Gasteiger partial charge in [-0.1, -0.05) is 30.4 Å². The van der Waals surface area contributed by atoms with Crippen molar-refractivity contribution < 1.29 is 27.4 Å². The minimum atomic E-state index is -3.38. The molecule has 0 spiro atoms. The van der Waals surface area contributed by atoms with Crippen molar-refractivity contribution in [3.05, 3.63) is 71.8 Å². The van der Waals surface area contributed by atoms with Crippen LogP contribution in [-0.4, -0.2) is 45.1 Å². The van der Waals surface area contributed by atoms with Crippen LogP contribution in [0.3, 0.4) is 0 Å². The molecule has 4 aromatic rings. The molecule has 1 atom stereocenters. The standard InChI is InChI=1S/C26H23N3O6S2/c1-3-37(31,32)19-10-6-17(7-11-19)23(35-18-8-4-16(5-9-18)14-27-2)25(30)29-26-28-22-21(36-26)13-12-20-24(22)34-15-33-20/h4-14,23H,3,15H2,1-2H3,(H,28,29,30). The molecule has 0 fully saturated rings. The number of amides is 1. The quantitative estimate of drug-likeness (QED) is 0.326. The predicted octanol–water partition coefficient (Wildman–Crippen LogP) is 4.63. The summed E-state index contributed by atoms with van der Waals surface area (Å²) in [4.78, 5) is 22.2. The molecule has 5 rings (SSSR count). The highest BCUT2D eigenvalue weighted by atomic mass is 32.2. The lowest BCUT2D eigenvalue weighted by Crippen LogP contribution is -2.25. The molecule has 0 radical (unpaired) electrons. The molecule has 1 aromatic heterocycles. The molecule has 190 valence electrons. The van der Waals surface area contributed by atoms with Crippen LogP contribution >= 0.6 is 11.3 Å². The van der Waals surface area contributed by atoms with Crippen molar-refractivity contribution >= 4 is 48.6 Å². The van der Waals surface area contributed by atoms with Gasteiger partial charge in [0.25, 0.3) is 5.91 Å². The maximum Gasteiger partial charge on any atom is 0.271 e. The Morgan fingerprint density at radius 2 is 1.89 bits per heavy atom. The smallest absolute Gasteiger partial charge is 0.271 e. The number of aromatic nitrogens is 1. The first kappa shape index (κ1) is 24.7. The molecule has 1 unspecified atom stereocenters. The number of thiazole rings is 1. The summed E-state index contributed by atoms with van der Waals surface area (Å²) in [5, 5.41) is 3.21.